The van der Waals surface area contributed by atoms with E-state index in [1.807, 2.05) is 62.1 Å². The fourth-order valence-electron chi connectivity index (χ4n) is 3.55. The van der Waals surface area contributed by atoms with Crippen LogP contribution in [0.3, 0.4) is 0 Å². The summed E-state index contributed by atoms with van der Waals surface area (Å²) in [6.07, 6.45) is 0.117. The Kier molecular flexibility index (Phi) is 6.08. The second kappa shape index (κ2) is 8.92. The third-order valence-electron chi connectivity index (χ3n) is 4.98. The largest absolute Gasteiger partial charge is 0.492 e. The Morgan fingerprint density at radius 1 is 1.10 bits per heavy atom. The van der Waals surface area contributed by atoms with Crippen molar-refractivity contribution in [3.05, 3.63) is 48.0 Å². The Hall–Kier alpha value is -2.80. The molecule has 0 N–H and O–H groups in total. The topological polar surface area (TPSA) is 54.9 Å². The van der Waals surface area contributed by atoms with Gasteiger partial charge in [0.15, 0.2) is 5.13 Å². The summed E-state index contributed by atoms with van der Waals surface area (Å²) in [5.74, 6) is 1.68. The molecule has 1 aliphatic heterocycles. The monoisotopic (exact) mass is 425 g/mol. The zero-order valence-corrected chi connectivity index (χ0v) is 18.4. The number of carbonyl (C=O) groups excluding carboxylic acids is 1. The first-order chi connectivity index (χ1) is 14.5. The molecule has 1 aromatic heterocycles. The van der Waals surface area contributed by atoms with Crippen molar-refractivity contribution >= 4 is 32.6 Å². The lowest BCUT2D eigenvalue weighted by molar-refractivity contribution is 0.0746. The molecule has 0 unspecified atom stereocenters. The van der Waals surface area contributed by atoms with E-state index in [9.17, 15) is 4.79 Å². The number of ether oxygens (including phenoxy) is 2. The Balaban J connectivity index is 1.40. The van der Waals surface area contributed by atoms with Gasteiger partial charge in [0.1, 0.15) is 17.0 Å². The first kappa shape index (κ1) is 20.5. The highest BCUT2D eigenvalue weighted by Gasteiger charge is 2.24. The van der Waals surface area contributed by atoms with Gasteiger partial charge in [-0.05, 0) is 57.2 Å². The predicted molar refractivity (Wildman–Crippen MR) is 121 cm³/mol. The lowest BCUT2D eigenvalue weighted by atomic mass is 10.1. The molecule has 1 saturated heterocycles. The number of benzene rings is 2. The number of rotatable bonds is 6. The normalized spacial score (nSPS) is 14.4. The van der Waals surface area contributed by atoms with E-state index in [2.05, 4.69) is 11.0 Å². The molecule has 6 nitrogen and oxygen atoms in total. The van der Waals surface area contributed by atoms with Gasteiger partial charge in [0.2, 0.25) is 0 Å². The van der Waals surface area contributed by atoms with Crippen LogP contribution in [0.4, 0.5) is 5.13 Å². The fraction of sp³-hybridized carbons (Fsp3) is 0.391. The highest BCUT2D eigenvalue weighted by molar-refractivity contribution is 7.22. The van der Waals surface area contributed by atoms with Crippen molar-refractivity contribution in [2.45, 2.75) is 26.9 Å². The molecule has 7 heteroatoms. The van der Waals surface area contributed by atoms with E-state index in [4.69, 9.17) is 14.5 Å². The van der Waals surface area contributed by atoms with Crippen LogP contribution < -0.4 is 14.4 Å². The molecule has 0 bridgehead atoms. The molecule has 1 fully saturated rings. The molecule has 158 valence electrons. The van der Waals surface area contributed by atoms with Crippen molar-refractivity contribution in [1.29, 1.82) is 0 Å². The first-order valence-electron chi connectivity index (χ1n) is 10.4. The van der Waals surface area contributed by atoms with E-state index >= 15 is 0 Å². The summed E-state index contributed by atoms with van der Waals surface area (Å²) in [5.41, 5.74) is 1.61. The van der Waals surface area contributed by atoms with Gasteiger partial charge >= 0.3 is 0 Å². The van der Waals surface area contributed by atoms with Gasteiger partial charge < -0.3 is 19.3 Å². The minimum absolute atomic E-state index is 0.0636. The SMILES string of the molecule is CCOc1cccc2sc(N3CCN(C(=O)c4ccc(OC(C)C)cc4)CC3)nc12. The molecule has 2 aromatic carbocycles. The summed E-state index contributed by atoms with van der Waals surface area (Å²) in [6.45, 7) is 9.47. The number of aromatic nitrogens is 1. The van der Waals surface area contributed by atoms with Crippen LogP contribution in [0.15, 0.2) is 42.5 Å². The molecule has 1 aliphatic rings. The number of para-hydroxylation sites is 1. The Bertz CT molecular complexity index is 1010. The van der Waals surface area contributed by atoms with Crippen molar-refractivity contribution in [3.63, 3.8) is 0 Å². The van der Waals surface area contributed by atoms with E-state index in [-0.39, 0.29) is 12.0 Å². The molecule has 0 radical (unpaired) electrons. The lowest BCUT2D eigenvalue weighted by Crippen LogP contribution is -2.48. The third-order valence-corrected chi connectivity index (χ3v) is 6.06. The molecule has 1 amide bonds. The van der Waals surface area contributed by atoms with Crippen molar-refractivity contribution in [1.82, 2.24) is 9.88 Å². The Morgan fingerprint density at radius 3 is 2.50 bits per heavy atom. The van der Waals surface area contributed by atoms with Crippen LogP contribution in [-0.4, -0.2) is 54.7 Å². The molecule has 0 saturated carbocycles. The van der Waals surface area contributed by atoms with E-state index in [0.29, 0.717) is 25.3 Å². The number of nitrogens with zero attached hydrogens (tertiary/aromatic N) is 3. The average Bonchev–Trinajstić information content (AvgIpc) is 3.19. The van der Waals surface area contributed by atoms with Crippen LogP contribution in [0.25, 0.3) is 10.2 Å². The van der Waals surface area contributed by atoms with Gasteiger partial charge in [-0.25, -0.2) is 4.98 Å². The number of hydrogen-bond acceptors (Lipinski definition) is 6. The van der Waals surface area contributed by atoms with E-state index in [0.717, 1.165) is 39.9 Å². The van der Waals surface area contributed by atoms with E-state index in [1.165, 1.54) is 0 Å². The molecule has 0 atom stereocenters. The number of anilines is 1. The molecule has 2 heterocycles. The van der Waals surface area contributed by atoms with Crippen LogP contribution in [0.5, 0.6) is 11.5 Å². The Labute approximate surface area is 181 Å². The molecule has 4 rings (SSSR count). The van der Waals surface area contributed by atoms with E-state index in [1.54, 1.807) is 11.3 Å². The van der Waals surface area contributed by atoms with Gasteiger partial charge in [-0.2, -0.15) is 0 Å². The van der Waals surface area contributed by atoms with Gasteiger partial charge in [-0.1, -0.05) is 17.4 Å². The molecule has 0 aliphatic carbocycles. The maximum Gasteiger partial charge on any atom is 0.253 e. The zero-order chi connectivity index (χ0) is 21.1. The summed E-state index contributed by atoms with van der Waals surface area (Å²) < 4.78 is 12.5. The molecule has 3 aromatic rings. The smallest absolute Gasteiger partial charge is 0.253 e. The summed E-state index contributed by atoms with van der Waals surface area (Å²) in [4.78, 5) is 21.9. The number of thiazole rings is 1. The Morgan fingerprint density at radius 2 is 1.83 bits per heavy atom. The maximum atomic E-state index is 12.9. The van der Waals surface area contributed by atoms with Gasteiger partial charge in [-0.15, -0.1) is 0 Å². The summed E-state index contributed by atoms with van der Waals surface area (Å²) in [7, 11) is 0. The van der Waals surface area contributed by atoms with Gasteiger partial charge in [0.05, 0.1) is 17.4 Å². The quantitative estimate of drug-likeness (QED) is 0.584. The first-order valence-corrected chi connectivity index (χ1v) is 11.2. The van der Waals surface area contributed by atoms with Gasteiger partial charge in [0, 0.05) is 31.7 Å². The van der Waals surface area contributed by atoms with Crippen molar-refractivity contribution < 1.29 is 14.3 Å². The van der Waals surface area contributed by atoms with Crippen LogP contribution in [0.1, 0.15) is 31.1 Å². The fourth-order valence-corrected chi connectivity index (χ4v) is 4.59. The van der Waals surface area contributed by atoms with Crippen LogP contribution in [0, 0.1) is 0 Å². The summed E-state index contributed by atoms with van der Waals surface area (Å²) >= 11 is 1.67. The number of carbonyl (C=O) groups is 1. The van der Waals surface area contributed by atoms with Crippen molar-refractivity contribution in [2.24, 2.45) is 0 Å². The minimum atomic E-state index is 0.0636. The molecular formula is C23H27N3O3S. The second-order valence-corrected chi connectivity index (χ2v) is 8.51. The highest BCUT2D eigenvalue weighted by Crippen LogP contribution is 2.34. The zero-order valence-electron chi connectivity index (χ0n) is 17.6. The number of fused-ring (bicyclic) bond motifs is 1. The standard InChI is InChI=1S/C23H27N3O3S/c1-4-28-19-6-5-7-20-21(19)24-23(30-20)26-14-12-25(13-15-26)22(27)17-8-10-18(11-9-17)29-16(2)3/h5-11,16H,4,12-15H2,1-3H3. The summed E-state index contributed by atoms with van der Waals surface area (Å²) in [6, 6.07) is 13.4. The third kappa shape index (κ3) is 4.36. The van der Waals surface area contributed by atoms with Crippen LogP contribution in [0.2, 0.25) is 0 Å². The average molecular weight is 426 g/mol. The maximum absolute atomic E-state index is 12.9. The van der Waals surface area contributed by atoms with Crippen LogP contribution >= 0.6 is 11.3 Å². The number of amides is 1. The minimum Gasteiger partial charge on any atom is -0.492 e. The highest BCUT2D eigenvalue weighted by atomic mass is 32.1. The van der Waals surface area contributed by atoms with Gasteiger partial charge in [0.25, 0.3) is 5.91 Å². The molecular weight excluding hydrogens is 398 g/mol. The number of hydrogen-bond donors (Lipinski definition) is 0. The van der Waals surface area contributed by atoms with Crippen molar-refractivity contribution in [3.8, 4) is 11.5 Å². The number of piperazine rings is 1. The van der Waals surface area contributed by atoms with Crippen molar-refractivity contribution in [2.75, 3.05) is 37.7 Å². The summed E-state index contributed by atoms with van der Waals surface area (Å²) in [5, 5.41) is 0.986. The molecule has 0 spiro atoms. The second-order valence-electron chi connectivity index (χ2n) is 7.50. The molecule has 30 heavy (non-hydrogen) atoms. The van der Waals surface area contributed by atoms with Gasteiger partial charge in [-0.3, -0.25) is 4.79 Å². The van der Waals surface area contributed by atoms with E-state index < -0.39 is 0 Å². The van der Waals surface area contributed by atoms with Crippen LogP contribution in [-0.2, 0) is 0 Å². The lowest BCUT2D eigenvalue weighted by Gasteiger charge is -2.34. The predicted octanol–water partition coefficient (Wildman–Crippen LogP) is 4.44.